The lowest BCUT2D eigenvalue weighted by atomic mass is 9.92. The van der Waals surface area contributed by atoms with E-state index in [9.17, 15) is 14.0 Å². The second-order valence-corrected chi connectivity index (χ2v) is 9.41. The fourth-order valence-corrected chi connectivity index (χ4v) is 3.77. The van der Waals surface area contributed by atoms with Gasteiger partial charge in [-0.3, -0.25) is 19.8 Å². The summed E-state index contributed by atoms with van der Waals surface area (Å²) in [5.74, 6) is 0.504. The van der Waals surface area contributed by atoms with Gasteiger partial charge in [-0.2, -0.15) is 5.10 Å². The molecule has 0 atom stereocenters. The number of hydrogen-bond donors (Lipinski definition) is 3. The molecule has 0 saturated carbocycles. The van der Waals surface area contributed by atoms with Crippen LogP contribution in [-0.4, -0.2) is 40.9 Å². The Labute approximate surface area is 203 Å². The molecule has 0 saturated heterocycles. The number of rotatable bonds is 4. The monoisotopic (exact) mass is 480 g/mol. The predicted molar refractivity (Wildman–Crippen MR) is 135 cm³/mol. The molecular weight excluding hydrogens is 451 g/mol. The van der Waals surface area contributed by atoms with Crippen molar-refractivity contribution in [3.63, 3.8) is 0 Å². The molecule has 10 nitrogen and oxygen atoms in total. The van der Waals surface area contributed by atoms with Gasteiger partial charge in [0.05, 0.1) is 23.6 Å². The maximum absolute atomic E-state index is 14.6. The third kappa shape index (κ3) is 4.75. The van der Waals surface area contributed by atoms with E-state index in [4.69, 9.17) is 0 Å². The minimum atomic E-state index is -0.624. The quantitative estimate of drug-likeness (QED) is 0.509. The lowest BCUT2D eigenvalue weighted by Gasteiger charge is -2.35. The van der Waals surface area contributed by atoms with E-state index < -0.39 is 11.8 Å². The van der Waals surface area contributed by atoms with Gasteiger partial charge in [-0.15, -0.1) is 0 Å². The SMILES string of the molecule is CNc1cc2c(cn1)CN(c1ccc(F)c(NC(=O)Nc3cc(C(C)(C)C)nn3C)c1)C(=O)N2C. The Kier molecular flexibility index (Phi) is 6.10. The number of aromatic nitrogens is 3. The van der Waals surface area contributed by atoms with Gasteiger partial charge in [0.25, 0.3) is 0 Å². The number of nitrogens with one attached hydrogen (secondary N) is 3. The van der Waals surface area contributed by atoms with E-state index in [0.717, 1.165) is 16.9 Å². The van der Waals surface area contributed by atoms with Crippen molar-refractivity contribution in [2.24, 2.45) is 7.05 Å². The minimum Gasteiger partial charge on any atom is -0.373 e. The van der Waals surface area contributed by atoms with Gasteiger partial charge in [-0.1, -0.05) is 20.8 Å². The van der Waals surface area contributed by atoms with Gasteiger partial charge in [0.2, 0.25) is 0 Å². The molecule has 1 aliphatic rings. The fourth-order valence-electron chi connectivity index (χ4n) is 3.77. The summed E-state index contributed by atoms with van der Waals surface area (Å²) in [5, 5.41) is 12.6. The largest absolute Gasteiger partial charge is 0.373 e. The molecule has 0 aliphatic carbocycles. The molecule has 0 spiro atoms. The van der Waals surface area contributed by atoms with Crippen molar-refractivity contribution in [3.8, 4) is 0 Å². The highest BCUT2D eigenvalue weighted by Crippen LogP contribution is 2.33. The number of anilines is 5. The normalized spacial score (nSPS) is 13.5. The number of aryl methyl sites for hydroxylation is 1. The summed E-state index contributed by atoms with van der Waals surface area (Å²) in [6, 6.07) is 6.83. The van der Waals surface area contributed by atoms with Gasteiger partial charge < -0.3 is 10.6 Å². The summed E-state index contributed by atoms with van der Waals surface area (Å²) in [6.45, 7) is 6.33. The fraction of sp³-hybridized carbons (Fsp3) is 0.333. The van der Waals surface area contributed by atoms with Crippen LogP contribution < -0.4 is 25.8 Å². The molecule has 3 N–H and O–H groups in total. The predicted octanol–water partition coefficient (Wildman–Crippen LogP) is 4.51. The molecule has 184 valence electrons. The van der Waals surface area contributed by atoms with Crippen LogP contribution in [0.5, 0.6) is 0 Å². The van der Waals surface area contributed by atoms with Crippen LogP contribution in [0.3, 0.4) is 0 Å². The zero-order valence-corrected chi connectivity index (χ0v) is 20.6. The standard InChI is InChI=1S/C24H29FN8O2/c1-24(2,3)19-11-21(32(6)30-19)29-22(34)28-17-9-15(7-8-16(17)25)33-13-14-12-27-20(26-4)10-18(14)31(5)23(33)35/h7-12H,13H2,1-6H3,(H,26,27)(H2,28,29,34). The molecule has 1 aromatic carbocycles. The number of urea groups is 2. The molecule has 4 rings (SSSR count). The van der Waals surface area contributed by atoms with Crippen LogP contribution in [0.15, 0.2) is 36.5 Å². The third-order valence-electron chi connectivity index (χ3n) is 5.83. The van der Waals surface area contributed by atoms with E-state index >= 15 is 0 Å². The Morgan fingerprint density at radius 2 is 1.86 bits per heavy atom. The number of fused-ring (bicyclic) bond motifs is 1. The van der Waals surface area contributed by atoms with E-state index in [-0.39, 0.29) is 23.7 Å². The van der Waals surface area contributed by atoms with Gasteiger partial charge >= 0.3 is 12.1 Å². The highest BCUT2D eigenvalue weighted by molar-refractivity contribution is 6.06. The lowest BCUT2D eigenvalue weighted by molar-refractivity contribution is 0.251. The number of pyridine rings is 1. The van der Waals surface area contributed by atoms with Crippen LogP contribution in [0.2, 0.25) is 0 Å². The highest BCUT2D eigenvalue weighted by Gasteiger charge is 2.30. The van der Waals surface area contributed by atoms with Crippen LogP contribution >= 0.6 is 0 Å². The molecule has 1 aliphatic heterocycles. The zero-order chi connectivity index (χ0) is 25.5. The van der Waals surface area contributed by atoms with E-state index in [1.54, 1.807) is 44.2 Å². The number of carbonyl (C=O) groups is 2. The average molecular weight is 481 g/mol. The molecule has 11 heteroatoms. The van der Waals surface area contributed by atoms with E-state index in [2.05, 4.69) is 26.0 Å². The smallest absolute Gasteiger partial charge is 0.329 e. The maximum atomic E-state index is 14.6. The van der Waals surface area contributed by atoms with Crippen molar-refractivity contribution >= 4 is 40.8 Å². The number of halogens is 1. The zero-order valence-electron chi connectivity index (χ0n) is 20.6. The number of nitrogens with zero attached hydrogens (tertiary/aromatic N) is 5. The van der Waals surface area contributed by atoms with Gasteiger partial charge in [0.1, 0.15) is 17.5 Å². The number of hydrogen-bond acceptors (Lipinski definition) is 5. The number of carbonyl (C=O) groups excluding carboxylic acids is 2. The highest BCUT2D eigenvalue weighted by atomic mass is 19.1. The molecule has 0 fully saturated rings. The second-order valence-electron chi connectivity index (χ2n) is 9.41. The van der Waals surface area contributed by atoms with Crippen LogP contribution in [0.1, 0.15) is 32.0 Å². The Balaban J connectivity index is 1.55. The minimum absolute atomic E-state index is 0.0527. The van der Waals surface area contributed by atoms with Crippen molar-refractivity contribution < 1.29 is 14.0 Å². The van der Waals surface area contributed by atoms with Crippen LogP contribution in [0.4, 0.5) is 42.7 Å². The first-order chi connectivity index (χ1) is 16.5. The molecule has 35 heavy (non-hydrogen) atoms. The average Bonchev–Trinajstić information content (AvgIpc) is 3.18. The van der Waals surface area contributed by atoms with Crippen molar-refractivity contribution in [1.82, 2.24) is 14.8 Å². The van der Waals surface area contributed by atoms with E-state index in [0.29, 0.717) is 17.3 Å². The van der Waals surface area contributed by atoms with Crippen molar-refractivity contribution in [2.45, 2.75) is 32.7 Å². The Hall–Kier alpha value is -4.15. The Morgan fingerprint density at radius 1 is 1.11 bits per heavy atom. The van der Waals surface area contributed by atoms with Crippen LogP contribution in [0, 0.1) is 5.82 Å². The Morgan fingerprint density at radius 3 is 2.51 bits per heavy atom. The summed E-state index contributed by atoms with van der Waals surface area (Å²) >= 11 is 0. The summed E-state index contributed by atoms with van der Waals surface area (Å²) in [4.78, 5) is 33.1. The summed E-state index contributed by atoms with van der Waals surface area (Å²) in [6.07, 6.45) is 1.70. The number of benzene rings is 1. The molecule has 3 heterocycles. The molecule has 2 aromatic heterocycles. The first kappa shape index (κ1) is 24.0. The maximum Gasteiger partial charge on any atom is 0.329 e. The third-order valence-corrected chi connectivity index (χ3v) is 5.83. The molecule has 0 unspecified atom stereocenters. The second kappa shape index (κ2) is 8.90. The molecule has 4 amide bonds. The van der Waals surface area contributed by atoms with Crippen LogP contribution in [-0.2, 0) is 19.0 Å². The van der Waals surface area contributed by atoms with E-state index in [1.807, 2.05) is 20.8 Å². The summed E-state index contributed by atoms with van der Waals surface area (Å²) in [7, 11) is 5.14. The molecule has 0 radical (unpaired) electrons. The lowest BCUT2D eigenvalue weighted by Crippen LogP contribution is -2.45. The molecule has 3 aromatic rings. The first-order valence-electron chi connectivity index (χ1n) is 11.1. The van der Waals surface area contributed by atoms with Crippen molar-refractivity contribution in [3.05, 3.63) is 53.6 Å². The first-order valence-corrected chi connectivity index (χ1v) is 11.1. The summed E-state index contributed by atoms with van der Waals surface area (Å²) in [5.41, 5.74) is 2.60. The van der Waals surface area contributed by atoms with E-state index in [1.165, 1.54) is 28.0 Å². The van der Waals surface area contributed by atoms with Gasteiger partial charge in [-0.05, 0) is 18.2 Å². The Bertz CT molecular complexity index is 1300. The number of amides is 4. The van der Waals surface area contributed by atoms with Crippen molar-refractivity contribution in [1.29, 1.82) is 0 Å². The summed E-state index contributed by atoms with van der Waals surface area (Å²) < 4.78 is 16.1. The van der Waals surface area contributed by atoms with Crippen molar-refractivity contribution in [2.75, 3.05) is 39.8 Å². The van der Waals surface area contributed by atoms with Gasteiger partial charge in [0, 0.05) is 56.1 Å². The molecular formula is C24H29FN8O2. The topological polar surface area (TPSA) is 107 Å². The van der Waals surface area contributed by atoms with Gasteiger partial charge in [0.15, 0.2) is 0 Å². The molecule has 0 bridgehead atoms. The van der Waals surface area contributed by atoms with Gasteiger partial charge in [-0.25, -0.2) is 19.0 Å². The van der Waals surface area contributed by atoms with Crippen LogP contribution in [0.25, 0.3) is 0 Å².